The van der Waals surface area contributed by atoms with Crippen LogP contribution in [0.1, 0.15) is 17.5 Å². The lowest BCUT2D eigenvalue weighted by Gasteiger charge is -2.24. The summed E-state index contributed by atoms with van der Waals surface area (Å²) in [6, 6.07) is 5.97. The zero-order valence-electron chi connectivity index (χ0n) is 8.49. The van der Waals surface area contributed by atoms with E-state index in [1.807, 2.05) is 12.1 Å². The van der Waals surface area contributed by atoms with E-state index in [1.165, 1.54) is 5.56 Å². The molecule has 0 radical (unpaired) electrons. The van der Waals surface area contributed by atoms with Gasteiger partial charge in [-0.2, -0.15) is 0 Å². The Hall–Kier alpha value is -1.55. The minimum Gasteiger partial charge on any atom is -0.369 e. The summed E-state index contributed by atoms with van der Waals surface area (Å²) in [5.74, 6) is 5.16. The van der Waals surface area contributed by atoms with Gasteiger partial charge >= 0.3 is 0 Å². The Labute approximate surface area is 88.6 Å². The average Bonchev–Trinajstić information content (AvgIpc) is 2.27. The van der Waals surface area contributed by atoms with Gasteiger partial charge in [0.25, 0.3) is 0 Å². The van der Waals surface area contributed by atoms with Crippen molar-refractivity contribution in [2.75, 3.05) is 5.43 Å². The zero-order valence-corrected chi connectivity index (χ0v) is 8.49. The summed E-state index contributed by atoms with van der Waals surface area (Å²) < 4.78 is 0. The number of fused-ring (bicyclic) bond motifs is 1. The smallest absolute Gasteiger partial charge is 0.220 e. The van der Waals surface area contributed by atoms with Crippen molar-refractivity contribution >= 4 is 11.6 Å². The predicted molar refractivity (Wildman–Crippen MR) is 59.0 cm³/mol. The third-order valence-electron chi connectivity index (χ3n) is 3.04. The molecule has 4 heteroatoms. The van der Waals surface area contributed by atoms with Gasteiger partial charge in [-0.3, -0.25) is 10.6 Å². The van der Waals surface area contributed by atoms with Gasteiger partial charge in [-0.1, -0.05) is 12.1 Å². The average molecular weight is 205 g/mol. The summed E-state index contributed by atoms with van der Waals surface area (Å²) in [6.45, 7) is 0. The molecule has 1 aliphatic rings. The Balaban J connectivity index is 2.34. The molecule has 0 spiro atoms. The first-order chi connectivity index (χ1) is 7.22. The second-order valence-electron chi connectivity index (χ2n) is 3.93. The molecule has 0 aromatic heterocycles. The fraction of sp³-hybridized carbons (Fsp3) is 0.364. The minimum absolute atomic E-state index is 0.0491. The number of hydrazine groups is 1. The van der Waals surface area contributed by atoms with Crippen LogP contribution in [0.5, 0.6) is 0 Å². The number of carbonyl (C=O) groups excluding carboxylic acids is 1. The van der Waals surface area contributed by atoms with Crippen molar-refractivity contribution in [1.29, 1.82) is 0 Å². The highest BCUT2D eigenvalue weighted by Crippen LogP contribution is 2.30. The van der Waals surface area contributed by atoms with Crippen LogP contribution in [-0.2, 0) is 17.6 Å². The van der Waals surface area contributed by atoms with Crippen LogP contribution >= 0.6 is 0 Å². The molecule has 2 rings (SSSR count). The number of hydrogen-bond donors (Lipinski definition) is 3. The van der Waals surface area contributed by atoms with Gasteiger partial charge in [0, 0.05) is 5.92 Å². The maximum Gasteiger partial charge on any atom is 0.220 e. The lowest BCUT2D eigenvalue weighted by atomic mass is 9.83. The van der Waals surface area contributed by atoms with Crippen LogP contribution in [0.15, 0.2) is 18.2 Å². The number of hydrogen-bond acceptors (Lipinski definition) is 3. The number of rotatable bonds is 2. The van der Waals surface area contributed by atoms with Crippen LogP contribution < -0.4 is 17.0 Å². The van der Waals surface area contributed by atoms with Crippen molar-refractivity contribution in [2.45, 2.75) is 19.3 Å². The number of primary amides is 1. The number of benzene rings is 1. The monoisotopic (exact) mass is 205 g/mol. The SMILES string of the molecule is NNc1cccc2c1CC(C(N)=O)CC2. The molecule has 1 aromatic rings. The molecule has 4 nitrogen and oxygen atoms in total. The number of amides is 1. The number of anilines is 1. The van der Waals surface area contributed by atoms with E-state index in [0.717, 1.165) is 24.1 Å². The van der Waals surface area contributed by atoms with Gasteiger partial charge < -0.3 is 11.2 Å². The zero-order chi connectivity index (χ0) is 10.8. The van der Waals surface area contributed by atoms with E-state index in [1.54, 1.807) is 0 Å². The summed E-state index contributed by atoms with van der Waals surface area (Å²) in [4.78, 5) is 11.1. The molecule has 1 unspecified atom stereocenters. The molecule has 0 saturated carbocycles. The van der Waals surface area contributed by atoms with Gasteiger partial charge in [-0.25, -0.2) is 0 Å². The molecule has 0 saturated heterocycles. The van der Waals surface area contributed by atoms with Crippen molar-refractivity contribution in [3.8, 4) is 0 Å². The molecule has 1 aliphatic carbocycles. The van der Waals surface area contributed by atoms with Crippen molar-refractivity contribution in [2.24, 2.45) is 17.5 Å². The standard InChI is InChI=1S/C11H15N3O/c12-11(15)8-5-4-7-2-1-3-10(14-13)9(7)6-8/h1-3,8,14H,4-6,13H2,(H2,12,15). The van der Waals surface area contributed by atoms with Gasteiger partial charge in [0.2, 0.25) is 5.91 Å². The van der Waals surface area contributed by atoms with Gasteiger partial charge in [-0.05, 0) is 36.5 Å². The first-order valence-corrected chi connectivity index (χ1v) is 5.09. The summed E-state index contributed by atoms with van der Waals surface area (Å²) in [5, 5.41) is 0. The van der Waals surface area contributed by atoms with Gasteiger partial charge in [0.15, 0.2) is 0 Å². The van der Waals surface area contributed by atoms with Crippen molar-refractivity contribution < 1.29 is 4.79 Å². The molecule has 0 aliphatic heterocycles. The Morgan fingerprint density at radius 3 is 2.93 bits per heavy atom. The Bertz CT molecular complexity index is 375. The highest BCUT2D eigenvalue weighted by Gasteiger charge is 2.24. The summed E-state index contributed by atoms with van der Waals surface area (Å²) in [7, 11) is 0. The Morgan fingerprint density at radius 2 is 2.27 bits per heavy atom. The van der Waals surface area contributed by atoms with Crippen molar-refractivity contribution in [3.05, 3.63) is 29.3 Å². The van der Waals surface area contributed by atoms with Crippen molar-refractivity contribution in [1.82, 2.24) is 0 Å². The molecular weight excluding hydrogens is 190 g/mol. The van der Waals surface area contributed by atoms with E-state index in [9.17, 15) is 4.79 Å². The van der Waals surface area contributed by atoms with Crippen LogP contribution in [0, 0.1) is 5.92 Å². The van der Waals surface area contributed by atoms with Crippen LogP contribution in [0.4, 0.5) is 5.69 Å². The van der Waals surface area contributed by atoms with E-state index in [4.69, 9.17) is 11.6 Å². The van der Waals surface area contributed by atoms with Crippen LogP contribution in [0.2, 0.25) is 0 Å². The fourth-order valence-corrected chi connectivity index (χ4v) is 2.17. The number of nitrogens with two attached hydrogens (primary N) is 2. The molecule has 80 valence electrons. The highest BCUT2D eigenvalue weighted by atomic mass is 16.1. The number of aryl methyl sites for hydroxylation is 1. The molecular formula is C11H15N3O. The van der Waals surface area contributed by atoms with Gasteiger partial charge in [-0.15, -0.1) is 0 Å². The second kappa shape index (κ2) is 3.90. The fourth-order valence-electron chi connectivity index (χ4n) is 2.17. The molecule has 0 bridgehead atoms. The number of nitrogen functional groups attached to an aromatic ring is 1. The van der Waals surface area contributed by atoms with Crippen LogP contribution in [0.3, 0.4) is 0 Å². The molecule has 0 heterocycles. The topological polar surface area (TPSA) is 81.1 Å². The molecule has 1 amide bonds. The Kier molecular flexibility index (Phi) is 2.60. The maximum atomic E-state index is 11.1. The molecule has 1 atom stereocenters. The second-order valence-corrected chi connectivity index (χ2v) is 3.93. The summed E-state index contributed by atoms with van der Waals surface area (Å²) in [5.41, 5.74) is 11.3. The van der Waals surface area contributed by atoms with Crippen molar-refractivity contribution in [3.63, 3.8) is 0 Å². The van der Waals surface area contributed by atoms with E-state index in [-0.39, 0.29) is 11.8 Å². The van der Waals surface area contributed by atoms with E-state index in [0.29, 0.717) is 6.42 Å². The van der Waals surface area contributed by atoms with Crippen LogP contribution in [0.25, 0.3) is 0 Å². The highest BCUT2D eigenvalue weighted by molar-refractivity contribution is 5.78. The number of carbonyl (C=O) groups is 1. The Morgan fingerprint density at radius 1 is 1.47 bits per heavy atom. The first kappa shape index (κ1) is 9.98. The molecule has 15 heavy (non-hydrogen) atoms. The van der Waals surface area contributed by atoms with Crippen LogP contribution in [-0.4, -0.2) is 5.91 Å². The molecule has 1 aromatic carbocycles. The molecule has 0 fully saturated rings. The van der Waals surface area contributed by atoms with E-state index < -0.39 is 0 Å². The van der Waals surface area contributed by atoms with E-state index >= 15 is 0 Å². The quantitative estimate of drug-likeness (QED) is 0.487. The predicted octanol–water partition coefficient (Wildman–Crippen LogP) is 0.562. The van der Waals surface area contributed by atoms with E-state index in [2.05, 4.69) is 11.5 Å². The lowest BCUT2D eigenvalue weighted by molar-refractivity contribution is -0.122. The molecule has 5 N–H and O–H groups in total. The summed E-state index contributed by atoms with van der Waals surface area (Å²) >= 11 is 0. The maximum absolute atomic E-state index is 11.1. The summed E-state index contributed by atoms with van der Waals surface area (Å²) in [6.07, 6.45) is 2.44. The number of nitrogens with one attached hydrogen (secondary N) is 1. The van der Waals surface area contributed by atoms with Gasteiger partial charge in [0.1, 0.15) is 0 Å². The van der Waals surface area contributed by atoms with Gasteiger partial charge in [0.05, 0.1) is 5.69 Å². The first-order valence-electron chi connectivity index (χ1n) is 5.09. The largest absolute Gasteiger partial charge is 0.369 e. The normalized spacial score (nSPS) is 19.4. The third kappa shape index (κ3) is 1.80. The minimum atomic E-state index is -0.215. The third-order valence-corrected chi connectivity index (χ3v) is 3.04. The lowest BCUT2D eigenvalue weighted by Crippen LogP contribution is -2.29.